The maximum Gasteiger partial charge on any atom is 0.326 e. The van der Waals surface area contributed by atoms with Gasteiger partial charge in [-0.1, -0.05) is 48.9 Å². The van der Waals surface area contributed by atoms with Crippen molar-refractivity contribution in [1.29, 1.82) is 0 Å². The molecule has 1 aliphatic rings. The zero-order valence-electron chi connectivity index (χ0n) is 19.2. The number of carbonyl (C=O) groups is 3. The maximum atomic E-state index is 12.8. The van der Waals surface area contributed by atoms with E-state index < -0.39 is 23.7 Å². The third kappa shape index (κ3) is 6.55. The highest BCUT2D eigenvalue weighted by Crippen LogP contribution is 2.39. The minimum Gasteiger partial charge on any atom is -0.490 e. The lowest BCUT2D eigenvalue weighted by atomic mass is 10.1. The van der Waals surface area contributed by atoms with Crippen molar-refractivity contribution >= 4 is 46.6 Å². The van der Waals surface area contributed by atoms with Gasteiger partial charge in [-0.25, -0.2) is 0 Å². The van der Waals surface area contributed by atoms with Gasteiger partial charge in [-0.05, 0) is 61.4 Å². The molecule has 1 aliphatic heterocycles. The van der Waals surface area contributed by atoms with Gasteiger partial charge in [0.05, 0.1) is 22.6 Å². The minimum atomic E-state index is -0.625. The number of imide groups is 1. The van der Waals surface area contributed by atoms with Gasteiger partial charge in [0.1, 0.15) is 13.2 Å². The summed E-state index contributed by atoms with van der Waals surface area (Å²) in [4.78, 5) is 38.2. The van der Waals surface area contributed by atoms with Crippen molar-refractivity contribution in [2.45, 2.75) is 39.9 Å². The van der Waals surface area contributed by atoms with Crippen LogP contribution < -0.4 is 9.47 Å². The van der Waals surface area contributed by atoms with Gasteiger partial charge in [0.2, 0.25) is 0 Å². The predicted octanol–water partition coefficient (Wildman–Crippen LogP) is 5.70. The maximum absolute atomic E-state index is 12.8. The summed E-state index contributed by atoms with van der Waals surface area (Å²) in [7, 11) is 0. The molecule has 0 aliphatic carbocycles. The third-order valence-electron chi connectivity index (χ3n) is 4.92. The number of hydrogen-bond acceptors (Lipinski definition) is 7. The molecule has 0 saturated carbocycles. The molecule has 0 radical (unpaired) electrons. The average molecular weight is 504 g/mol. The van der Waals surface area contributed by atoms with E-state index in [2.05, 4.69) is 0 Å². The monoisotopic (exact) mass is 503 g/mol. The second-order valence-electron chi connectivity index (χ2n) is 7.51. The van der Waals surface area contributed by atoms with Crippen molar-refractivity contribution in [3.05, 3.63) is 63.5 Å². The quantitative estimate of drug-likeness (QED) is 0.304. The molecule has 0 spiro atoms. The average Bonchev–Trinajstić information content (AvgIpc) is 3.06. The van der Waals surface area contributed by atoms with Crippen LogP contribution in [-0.4, -0.2) is 41.3 Å². The molecular weight excluding hydrogens is 478 g/mol. The van der Waals surface area contributed by atoms with Crippen LogP contribution in [0.25, 0.3) is 6.08 Å². The summed E-state index contributed by atoms with van der Waals surface area (Å²) in [5, 5.41) is -0.221. The number of carbonyl (C=O) groups excluding carboxylic acids is 3. The van der Waals surface area contributed by atoms with Crippen LogP contribution >= 0.6 is 23.4 Å². The highest BCUT2D eigenvalue weighted by atomic mass is 35.5. The Morgan fingerprint density at radius 1 is 1.15 bits per heavy atom. The van der Waals surface area contributed by atoms with Crippen LogP contribution in [0.5, 0.6) is 11.5 Å². The molecule has 0 aromatic heterocycles. The number of amides is 2. The van der Waals surface area contributed by atoms with Gasteiger partial charge in [-0.2, -0.15) is 0 Å². The SMILES string of the molecule is CCOc1cc(/C=C2\SC(=O)N(CC(=O)O[C@@H](C)CC)C2=O)cc(Cl)c1OCc1ccccc1. The normalized spacial score (nSPS) is 15.5. The van der Waals surface area contributed by atoms with Crippen LogP contribution in [0.4, 0.5) is 4.79 Å². The molecule has 3 rings (SSSR count). The number of ether oxygens (including phenoxy) is 3. The summed E-state index contributed by atoms with van der Waals surface area (Å²) in [6, 6.07) is 13.0. The van der Waals surface area contributed by atoms with Crippen molar-refractivity contribution in [1.82, 2.24) is 4.90 Å². The van der Waals surface area contributed by atoms with Gasteiger partial charge in [0.25, 0.3) is 11.1 Å². The zero-order valence-corrected chi connectivity index (χ0v) is 20.8. The second-order valence-corrected chi connectivity index (χ2v) is 8.91. The molecule has 1 saturated heterocycles. The first-order valence-corrected chi connectivity index (χ1v) is 12.1. The number of hydrogen-bond donors (Lipinski definition) is 0. The molecule has 2 aromatic carbocycles. The van der Waals surface area contributed by atoms with E-state index in [-0.39, 0.29) is 11.0 Å². The van der Waals surface area contributed by atoms with Gasteiger partial charge < -0.3 is 14.2 Å². The Hall–Kier alpha value is -2.97. The Labute approximate surface area is 208 Å². The molecule has 2 aromatic rings. The molecule has 9 heteroatoms. The zero-order chi connectivity index (χ0) is 24.7. The first-order valence-electron chi connectivity index (χ1n) is 10.9. The summed E-state index contributed by atoms with van der Waals surface area (Å²) < 4.78 is 16.8. The van der Waals surface area contributed by atoms with E-state index in [4.69, 9.17) is 25.8 Å². The van der Waals surface area contributed by atoms with E-state index >= 15 is 0 Å². The standard InChI is InChI=1S/C25H26ClNO6S/c1-4-16(3)33-22(28)14-27-24(29)21(34-25(27)30)13-18-11-19(26)23(20(12-18)31-5-2)32-15-17-9-7-6-8-10-17/h6-13,16H,4-5,14-15H2,1-3H3/b21-13-/t16-/m0/s1. The smallest absolute Gasteiger partial charge is 0.326 e. The summed E-state index contributed by atoms with van der Waals surface area (Å²) in [6.07, 6.45) is 1.90. The van der Waals surface area contributed by atoms with Gasteiger partial charge in [0.15, 0.2) is 11.5 Å². The van der Waals surface area contributed by atoms with Crippen LogP contribution in [0.1, 0.15) is 38.3 Å². The van der Waals surface area contributed by atoms with Gasteiger partial charge in [-0.3, -0.25) is 19.3 Å². The number of esters is 1. The lowest BCUT2D eigenvalue weighted by molar-refractivity contribution is -0.150. The first-order chi connectivity index (χ1) is 16.3. The Kier molecular flexibility index (Phi) is 9.01. The van der Waals surface area contributed by atoms with Crippen molar-refractivity contribution in [2.24, 2.45) is 0 Å². The molecular formula is C25H26ClNO6S. The van der Waals surface area contributed by atoms with E-state index in [0.29, 0.717) is 41.7 Å². The Balaban J connectivity index is 1.78. The minimum absolute atomic E-state index is 0.179. The molecule has 2 amide bonds. The van der Waals surface area contributed by atoms with Crippen molar-refractivity contribution < 1.29 is 28.6 Å². The molecule has 1 fully saturated rings. The topological polar surface area (TPSA) is 82.1 Å². The fourth-order valence-electron chi connectivity index (χ4n) is 3.07. The molecule has 1 heterocycles. The summed E-state index contributed by atoms with van der Waals surface area (Å²) in [5.74, 6) is -0.368. The van der Waals surface area contributed by atoms with Gasteiger partial charge in [-0.15, -0.1) is 0 Å². The molecule has 7 nitrogen and oxygen atoms in total. The fraction of sp³-hybridized carbons (Fsp3) is 0.320. The number of thioether (sulfide) groups is 1. The van der Waals surface area contributed by atoms with E-state index in [9.17, 15) is 14.4 Å². The number of halogens is 1. The van der Waals surface area contributed by atoms with Crippen LogP contribution in [0, 0.1) is 0 Å². The van der Waals surface area contributed by atoms with Crippen LogP contribution in [0.2, 0.25) is 5.02 Å². The van der Waals surface area contributed by atoms with Gasteiger partial charge >= 0.3 is 5.97 Å². The number of benzene rings is 2. The Morgan fingerprint density at radius 2 is 1.88 bits per heavy atom. The lowest BCUT2D eigenvalue weighted by Crippen LogP contribution is -2.35. The third-order valence-corrected chi connectivity index (χ3v) is 6.11. The van der Waals surface area contributed by atoms with Gasteiger partial charge in [0, 0.05) is 0 Å². The summed E-state index contributed by atoms with van der Waals surface area (Å²) >= 11 is 7.24. The van der Waals surface area contributed by atoms with Crippen LogP contribution in [-0.2, 0) is 20.9 Å². The van der Waals surface area contributed by atoms with Crippen LogP contribution in [0.15, 0.2) is 47.4 Å². The highest BCUT2D eigenvalue weighted by molar-refractivity contribution is 8.18. The summed E-state index contributed by atoms with van der Waals surface area (Å²) in [5.41, 5.74) is 1.54. The van der Waals surface area contributed by atoms with Crippen LogP contribution in [0.3, 0.4) is 0 Å². The predicted molar refractivity (Wildman–Crippen MR) is 132 cm³/mol. The van der Waals surface area contributed by atoms with E-state index in [0.717, 1.165) is 22.2 Å². The summed E-state index contributed by atoms with van der Waals surface area (Å²) in [6.45, 7) is 5.73. The number of nitrogens with zero attached hydrogens (tertiary/aromatic N) is 1. The fourth-order valence-corrected chi connectivity index (χ4v) is 4.18. The van der Waals surface area contributed by atoms with Crippen molar-refractivity contribution in [2.75, 3.05) is 13.2 Å². The van der Waals surface area contributed by atoms with E-state index in [1.54, 1.807) is 25.1 Å². The molecule has 180 valence electrons. The Bertz CT molecular complexity index is 1090. The molecule has 34 heavy (non-hydrogen) atoms. The Morgan fingerprint density at radius 3 is 2.56 bits per heavy atom. The number of rotatable bonds is 10. The largest absolute Gasteiger partial charge is 0.490 e. The van der Waals surface area contributed by atoms with Crippen molar-refractivity contribution in [3.63, 3.8) is 0 Å². The second kappa shape index (κ2) is 11.9. The van der Waals surface area contributed by atoms with Crippen molar-refractivity contribution in [3.8, 4) is 11.5 Å². The first kappa shape index (κ1) is 25.6. The van der Waals surface area contributed by atoms with E-state index in [1.165, 1.54) is 0 Å². The lowest BCUT2D eigenvalue weighted by Gasteiger charge is -2.15. The molecule has 0 bridgehead atoms. The van der Waals surface area contributed by atoms with E-state index in [1.807, 2.05) is 44.2 Å². The molecule has 0 N–H and O–H groups in total. The highest BCUT2D eigenvalue weighted by Gasteiger charge is 2.37. The molecule has 0 unspecified atom stereocenters. The molecule has 1 atom stereocenters.